The first kappa shape index (κ1) is 16.4. The largest absolute Gasteiger partial charge is 0.354 e. The molecule has 1 aromatic carbocycles. The minimum atomic E-state index is -0.204. The Morgan fingerprint density at radius 2 is 2.00 bits per heavy atom. The van der Waals surface area contributed by atoms with E-state index in [2.05, 4.69) is 25.3 Å². The summed E-state index contributed by atoms with van der Waals surface area (Å²) < 4.78 is 0. The van der Waals surface area contributed by atoms with Crippen LogP contribution in [0.1, 0.15) is 16.1 Å². The molecule has 130 valence electrons. The zero-order chi connectivity index (χ0) is 18.3. The first-order chi connectivity index (χ1) is 12.6. The van der Waals surface area contributed by atoms with Crippen molar-refractivity contribution in [2.75, 3.05) is 7.05 Å². The highest BCUT2D eigenvalue weighted by molar-refractivity contribution is 6.31. The van der Waals surface area contributed by atoms with Gasteiger partial charge in [0.05, 0.1) is 11.4 Å². The van der Waals surface area contributed by atoms with Crippen LogP contribution in [0.5, 0.6) is 0 Å². The number of carbonyl (C=O) groups excluding carboxylic acids is 1. The fourth-order valence-corrected chi connectivity index (χ4v) is 3.24. The van der Waals surface area contributed by atoms with Crippen molar-refractivity contribution in [2.45, 2.75) is 6.92 Å². The molecule has 26 heavy (non-hydrogen) atoms. The van der Waals surface area contributed by atoms with Crippen LogP contribution in [0.25, 0.3) is 33.5 Å². The minimum Gasteiger partial charge on any atom is -0.354 e. The van der Waals surface area contributed by atoms with Gasteiger partial charge in [-0.25, -0.2) is 9.97 Å². The Balaban J connectivity index is 1.96. The molecule has 0 saturated carbocycles. The number of nitrogens with one attached hydrogen (secondary N) is 3. The molecular weight excluding hydrogens is 350 g/mol. The van der Waals surface area contributed by atoms with Gasteiger partial charge >= 0.3 is 0 Å². The maximum atomic E-state index is 12.4. The van der Waals surface area contributed by atoms with Crippen LogP contribution in [0.3, 0.4) is 0 Å². The predicted molar refractivity (Wildman–Crippen MR) is 102 cm³/mol. The van der Waals surface area contributed by atoms with E-state index in [0.29, 0.717) is 10.7 Å². The Morgan fingerprint density at radius 3 is 2.81 bits per heavy atom. The highest BCUT2D eigenvalue weighted by Gasteiger charge is 2.20. The second-order valence-electron chi connectivity index (χ2n) is 5.97. The average Bonchev–Trinajstić information content (AvgIpc) is 3.29. The number of aromatic amines is 2. The van der Waals surface area contributed by atoms with Crippen molar-refractivity contribution in [3.05, 3.63) is 59.1 Å². The molecule has 0 saturated heterocycles. The molecule has 0 aliphatic heterocycles. The van der Waals surface area contributed by atoms with Crippen molar-refractivity contribution in [3.8, 4) is 22.5 Å². The third-order valence-electron chi connectivity index (χ3n) is 4.37. The summed E-state index contributed by atoms with van der Waals surface area (Å²) >= 11 is 6.18. The van der Waals surface area contributed by atoms with E-state index >= 15 is 0 Å². The van der Waals surface area contributed by atoms with E-state index in [0.717, 1.165) is 39.1 Å². The van der Waals surface area contributed by atoms with Crippen LogP contribution in [0.4, 0.5) is 0 Å². The molecular formula is C19H16ClN5O. The maximum Gasteiger partial charge on any atom is 0.268 e. The van der Waals surface area contributed by atoms with Crippen molar-refractivity contribution in [1.82, 2.24) is 25.3 Å². The number of hydrogen-bond acceptors (Lipinski definition) is 3. The summed E-state index contributed by atoms with van der Waals surface area (Å²) in [6, 6.07) is 9.48. The molecule has 7 heteroatoms. The van der Waals surface area contributed by atoms with Crippen LogP contribution in [0.2, 0.25) is 5.02 Å². The number of rotatable bonds is 3. The van der Waals surface area contributed by atoms with E-state index in [4.69, 9.17) is 11.6 Å². The zero-order valence-corrected chi connectivity index (χ0v) is 15.0. The molecule has 0 fully saturated rings. The summed E-state index contributed by atoms with van der Waals surface area (Å²) in [5.41, 5.74) is 5.39. The Morgan fingerprint density at radius 1 is 1.15 bits per heavy atom. The van der Waals surface area contributed by atoms with Crippen molar-refractivity contribution >= 4 is 28.5 Å². The van der Waals surface area contributed by atoms with Gasteiger partial charge in [-0.05, 0) is 42.3 Å². The normalized spacial score (nSPS) is 11.0. The van der Waals surface area contributed by atoms with Crippen molar-refractivity contribution in [2.24, 2.45) is 0 Å². The highest BCUT2D eigenvalue weighted by atomic mass is 35.5. The van der Waals surface area contributed by atoms with E-state index in [1.54, 1.807) is 7.05 Å². The summed E-state index contributed by atoms with van der Waals surface area (Å²) in [6.07, 6.45) is 3.31. The van der Waals surface area contributed by atoms with E-state index in [1.807, 2.05) is 43.5 Å². The SMILES string of the molecule is CNC(=O)c1[nH]c(-c2ncnc3[nH]ccc23)cc1-c1cc(Cl)ccc1C. The van der Waals surface area contributed by atoms with Crippen LogP contribution in [-0.2, 0) is 0 Å². The van der Waals surface area contributed by atoms with Crippen molar-refractivity contribution in [3.63, 3.8) is 0 Å². The third-order valence-corrected chi connectivity index (χ3v) is 4.61. The summed E-state index contributed by atoms with van der Waals surface area (Å²) in [5, 5.41) is 4.18. The standard InChI is InChI=1S/C19H16ClN5O/c1-10-3-4-11(20)7-13(10)14-8-15(25-17(14)19(26)21-2)16-12-5-6-22-18(12)24-9-23-16/h3-9,25H,1-2H3,(H,21,26)(H,22,23,24). The molecule has 1 amide bonds. The molecule has 3 N–H and O–H groups in total. The molecule has 3 aromatic heterocycles. The number of aryl methyl sites for hydroxylation is 1. The van der Waals surface area contributed by atoms with Gasteiger partial charge in [0.1, 0.15) is 17.7 Å². The molecule has 4 rings (SSSR count). The lowest BCUT2D eigenvalue weighted by molar-refractivity contribution is 0.0959. The van der Waals surface area contributed by atoms with Crippen LogP contribution < -0.4 is 5.32 Å². The first-order valence-electron chi connectivity index (χ1n) is 8.08. The number of carbonyl (C=O) groups is 1. The van der Waals surface area contributed by atoms with Crippen LogP contribution >= 0.6 is 11.6 Å². The molecule has 0 aliphatic rings. The summed E-state index contributed by atoms with van der Waals surface area (Å²) in [6.45, 7) is 1.99. The monoisotopic (exact) mass is 365 g/mol. The lowest BCUT2D eigenvalue weighted by atomic mass is 10.00. The lowest BCUT2D eigenvalue weighted by Gasteiger charge is -2.07. The number of aromatic nitrogens is 4. The predicted octanol–water partition coefficient (Wildman–Crippen LogP) is 3.94. The minimum absolute atomic E-state index is 0.204. The van der Waals surface area contributed by atoms with Crippen LogP contribution in [0, 0.1) is 6.92 Å². The number of amides is 1. The van der Waals surface area contributed by atoms with Gasteiger partial charge in [-0.1, -0.05) is 17.7 Å². The first-order valence-corrected chi connectivity index (χ1v) is 8.46. The van der Waals surface area contributed by atoms with Gasteiger partial charge < -0.3 is 15.3 Å². The lowest BCUT2D eigenvalue weighted by Crippen LogP contribution is -2.19. The number of hydrogen-bond donors (Lipinski definition) is 3. The molecule has 0 bridgehead atoms. The van der Waals surface area contributed by atoms with E-state index in [1.165, 1.54) is 6.33 Å². The number of nitrogens with zero attached hydrogens (tertiary/aromatic N) is 2. The molecule has 3 heterocycles. The summed E-state index contributed by atoms with van der Waals surface area (Å²) in [4.78, 5) is 27.4. The van der Waals surface area contributed by atoms with E-state index in [9.17, 15) is 4.79 Å². The zero-order valence-electron chi connectivity index (χ0n) is 14.2. The fourth-order valence-electron chi connectivity index (χ4n) is 3.07. The number of H-pyrrole nitrogens is 2. The number of benzene rings is 1. The van der Waals surface area contributed by atoms with E-state index < -0.39 is 0 Å². The maximum absolute atomic E-state index is 12.4. The topological polar surface area (TPSA) is 86.5 Å². The molecule has 0 unspecified atom stereocenters. The van der Waals surface area contributed by atoms with Crippen molar-refractivity contribution in [1.29, 1.82) is 0 Å². The smallest absolute Gasteiger partial charge is 0.268 e. The summed E-state index contributed by atoms with van der Waals surface area (Å²) in [5.74, 6) is -0.204. The molecule has 0 atom stereocenters. The number of fused-ring (bicyclic) bond motifs is 1. The second-order valence-corrected chi connectivity index (χ2v) is 6.41. The fraction of sp³-hybridized carbons (Fsp3) is 0.105. The van der Waals surface area contributed by atoms with Gasteiger partial charge in [0, 0.05) is 29.2 Å². The van der Waals surface area contributed by atoms with Crippen LogP contribution in [0.15, 0.2) is 42.9 Å². The molecule has 0 aliphatic carbocycles. The van der Waals surface area contributed by atoms with Crippen LogP contribution in [-0.4, -0.2) is 32.9 Å². The van der Waals surface area contributed by atoms with Crippen molar-refractivity contribution < 1.29 is 4.79 Å². The van der Waals surface area contributed by atoms with Gasteiger partial charge in [0.2, 0.25) is 0 Å². The van der Waals surface area contributed by atoms with Gasteiger partial charge in [-0.3, -0.25) is 4.79 Å². The summed E-state index contributed by atoms with van der Waals surface area (Å²) in [7, 11) is 1.60. The number of halogens is 1. The molecule has 0 radical (unpaired) electrons. The average molecular weight is 366 g/mol. The Bertz CT molecular complexity index is 1130. The molecule has 0 spiro atoms. The third kappa shape index (κ3) is 2.64. The van der Waals surface area contributed by atoms with Gasteiger partial charge in [0.15, 0.2) is 0 Å². The van der Waals surface area contributed by atoms with Gasteiger partial charge in [-0.2, -0.15) is 0 Å². The highest BCUT2D eigenvalue weighted by Crippen LogP contribution is 2.34. The molecule has 6 nitrogen and oxygen atoms in total. The Labute approximate surface area is 154 Å². The Hall–Kier alpha value is -3.12. The van der Waals surface area contributed by atoms with Gasteiger partial charge in [0.25, 0.3) is 5.91 Å². The van der Waals surface area contributed by atoms with E-state index in [-0.39, 0.29) is 5.91 Å². The van der Waals surface area contributed by atoms with Gasteiger partial charge in [-0.15, -0.1) is 0 Å². The Kier molecular flexibility index (Phi) is 3.97. The molecule has 4 aromatic rings. The quantitative estimate of drug-likeness (QED) is 0.514. The second kappa shape index (κ2) is 6.31.